The summed E-state index contributed by atoms with van der Waals surface area (Å²) in [6.45, 7) is 5.82. The maximum atomic E-state index is 10.8. The molecule has 0 bridgehead atoms. The zero-order valence-corrected chi connectivity index (χ0v) is 12.6. The van der Waals surface area contributed by atoms with E-state index in [4.69, 9.17) is 11.6 Å². The molecule has 20 heavy (non-hydrogen) atoms. The van der Waals surface area contributed by atoms with Gasteiger partial charge in [-0.25, -0.2) is 0 Å². The molecule has 0 amide bonds. The van der Waals surface area contributed by atoms with Gasteiger partial charge in [-0.05, 0) is 25.1 Å². The Bertz CT molecular complexity index is 495. The van der Waals surface area contributed by atoms with Gasteiger partial charge in [-0.1, -0.05) is 18.5 Å². The first kappa shape index (κ1) is 15.2. The van der Waals surface area contributed by atoms with Crippen LogP contribution in [-0.2, 0) is 6.54 Å². The fourth-order valence-electron chi connectivity index (χ4n) is 2.63. The molecule has 0 N–H and O–H groups in total. The van der Waals surface area contributed by atoms with E-state index in [9.17, 15) is 10.1 Å². The fourth-order valence-corrected chi connectivity index (χ4v) is 2.81. The third-order valence-electron chi connectivity index (χ3n) is 3.97. The molecular weight excluding hydrogens is 278 g/mol. The monoisotopic (exact) mass is 297 g/mol. The molecule has 0 aromatic heterocycles. The zero-order valence-electron chi connectivity index (χ0n) is 11.9. The molecule has 5 nitrogen and oxygen atoms in total. The molecule has 1 saturated heterocycles. The number of piperazine rings is 1. The first-order chi connectivity index (χ1) is 9.51. The van der Waals surface area contributed by atoms with Crippen LogP contribution in [0.4, 0.5) is 5.69 Å². The molecule has 1 aliphatic rings. The van der Waals surface area contributed by atoms with E-state index in [1.54, 1.807) is 12.1 Å². The van der Waals surface area contributed by atoms with Crippen LogP contribution in [0.1, 0.15) is 18.9 Å². The van der Waals surface area contributed by atoms with Crippen molar-refractivity contribution in [1.29, 1.82) is 0 Å². The maximum absolute atomic E-state index is 10.8. The Kier molecular flexibility index (Phi) is 4.96. The second kappa shape index (κ2) is 6.52. The lowest BCUT2D eigenvalue weighted by Gasteiger charge is -2.39. The largest absolute Gasteiger partial charge is 0.301 e. The van der Waals surface area contributed by atoms with Gasteiger partial charge in [-0.2, -0.15) is 0 Å². The van der Waals surface area contributed by atoms with E-state index in [1.165, 1.54) is 6.07 Å². The summed E-state index contributed by atoms with van der Waals surface area (Å²) in [5.74, 6) is 0. The predicted octanol–water partition coefficient (Wildman–Crippen LogP) is 2.77. The second-order valence-corrected chi connectivity index (χ2v) is 5.72. The predicted molar refractivity (Wildman–Crippen MR) is 80.1 cm³/mol. The molecule has 1 heterocycles. The Morgan fingerprint density at radius 2 is 2.20 bits per heavy atom. The molecule has 0 saturated carbocycles. The molecule has 110 valence electrons. The fraction of sp³-hybridized carbons (Fsp3) is 0.571. The number of benzene rings is 1. The van der Waals surface area contributed by atoms with Gasteiger partial charge in [0.15, 0.2) is 0 Å². The summed E-state index contributed by atoms with van der Waals surface area (Å²) >= 11 is 6.16. The minimum Gasteiger partial charge on any atom is -0.301 e. The molecule has 0 spiro atoms. The molecule has 0 radical (unpaired) electrons. The van der Waals surface area contributed by atoms with E-state index in [0.29, 0.717) is 17.6 Å². The highest BCUT2D eigenvalue weighted by Gasteiger charge is 2.23. The summed E-state index contributed by atoms with van der Waals surface area (Å²) in [6.07, 6.45) is 1.11. The number of nitro benzene ring substituents is 1. The molecule has 1 aromatic rings. The minimum atomic E-state index is -0.376. The Labute approximate surface area is 124 Å². The van der Waals surface area contributed by atoms with Crippen molar-refractivity contribution in [3.63, 3.8) is 0 Å². The lowest BCUT2D eigenvalue weighted by molar-refractivity contribution is -0.384. The van der Waals surface area contributed by atoms with Crippen molar-refractivity contribution in [2.45, 2.75) is 25.9 Å². The summed E-state index contributed by atoms with van der Waals surface area (Å²) < 4.78 is 0. The number of hydrogen-bond acceptors (Lipinski definition) is 4. The summed E-state index contributed by atoms with van der Waals surface area (Å²) in [5, 5.41) is 11.4. The van der Waals surface area contributed by atoms with Crippen molar-refractivity contribution in [3.8, 4) is 0 Å². The quantitative estimate of drug-likeness (QED) is 0.633. The van der Waals surface area contributed by atoms with Crippen molar-refractivity contribution < 1.29 is 4.92 Å². The normalized spacial score (nSPS) is 21.1. The Morgan fingerprint density at radius 1 is 1.45 bits per heavy atom. The molecule has 2 rings (SSSR count). The van der Waals surface area contributed by atoms with Crippen molar-refractivity contribution in [1.82, 2.24) is 9.80 Å². The van der Waals surface area contributed by atoms with E-state index in [-0.39, 0.29) is 10.6 Å². The van der Waals surface area contributed by atoms with Crippen LogP contribution in [0.5, 0.6) is 0 Å². The van der Waals surface area contributed by atoms with Gasteiger partial charge in [0.05, 0.1) is 4.92 Å². The van der Waals surface area contributed by atoms with Crippen LogP contribution in [0, 0.1) is 10.1 Å². The van der Waals surface area contributed by atoms with Gasteiger partial charge in [-0.15, -0.1) is 0 Å². The molecule has 1 unspecified atom stereocenters. The van der Waals surface area contributed by atoms with Crippen molar-refractivity contribution in [2.75, 3.05) is 26.7 Å². The Hall–Kier alpha value is -1.17. The number of hydrogen-bond donors (Lipinski definition) is 0. The number of non-ortho nitro benzene ring substituents is 1. The first-order valence-electron chi connectivity index (χ1n) is 6.86. The summed E-state index contributed by atoms with van der Waals surface area (Å²) in [5.41, 5.74) is 0.936. The van der Waals surface area contributed by atoms with Gasteiger partial charge in [-0.3, -0.25) is 15.0 Å². The van der Waals surface area contributed by atoms with Crippen LogP contribution in [0.25, 0.3) is 0 Å². The maximum Gasteiger partial charge on any atom is 0.269 e. The Morgan fingerprint density at radius 3 is 2.85 bits per heavy atom. The van der Waals surface area contributed by atoms with Gasteiger partial charge >= 0.3 is 0 Å². The van der Waals surface area contributed by atoms with Crippen LogP contribution in [-0.4, -0.2) is 47.4 Å². The van der Waals surface area contributed by atoms with Gasteiger partial charge in [0.25, 0.3) is 5.69 Å². The van der Waals surface area contributed by atoms with Crippen molar-refractivity contribution in [2.24, 2.45) is 0 Å². The molecule has 0 aliphatic carbocycles. The van der Waals surface area contributed by atoms with Crippen LogP contribution < -0.4 is 0 Å². The van der Waals surface area contributed by atoms with Crippen molar-refractivity contribution >= 4 is 17.3 Å². The lowest BCUT2D eigenvalue weighted by Crippen LogP contribution is -2.50. The molecule has 1 aromatic carbocycles. The highest BCUT2D eigenvalue weighted by molar-refractivity contribution is 6.31. The molecule has 1 atom stereocenters. The third kappa shape index (κ3) is 3.48. The van der Waals surface area contributed by atoms with E-state index in [1.807, 2.05) is 0 Å². The van der Waals surface area contributed by atoms with E-state index < -0.39 is 0 Å². The molecular formula is C14H20ClN3O2. The SMILES string of the molecule is CCC1CN(Cc2cc([N+](=O)[O-])ccc2Cl)CCN1C. The molecule has 6 heteroatoms. The topological polar surface area (TPSA) is 49.6 Å². The van der Waals surface area contributed by atoms with E-state index in [0.717, 1.165) is 31.6 Å². The average Bonchev–Trinajstić information content (AvgIpc) is 2.43. The van der Waals surface area contributed by atoms with Crippen LogP contribution >= 0.6 is 11.6 Å². The number of rotatable bonds is 4. The molecule has 1 aliphatic heterocycles. The standard InChI is InChI=1S/C14H20ClN3O2/c1-3-12-10-17(7-6-16(12)2)9-11-8-13(18(19)20)4-5-14(11)15/h4-5,8,12H,3,6-7,9-10H2,1-2H3. The summed E-state index contributed by atoms with van der Waals surface area (Å²) in [4.78, 5) is 15.1. The van der Waals surface area contributed by atoms with Gasteiger partial charge in [0.1, 0.15) is 0 Å². The third-order valence-corrected chi connectivity index (χ3v) is 4.34. The zero-order chi connectivity index (χ0) is 14.7. The van der Waals surface area contributed by atoms with Crippen LogP contribution in [0.3, 0.4) is 0 Å². The van der Waals surface area contributed by atoms with Crippen LogP contribution in [0.15, 0.2) is 18.2 Å². The lowest BCUT2D eigenvalue weighted by atomic mass is 10.1. The Balaban J connectivity index is 2.10. The van der Waals surface area contributed by atoms with E-state index >= 15 is 0 Å². The van der Waals surface area contributed by atoms with Crippen LogP contribution in [0.2, 0.25) is 5.02 Å². The summed E-state index contributed by atoms with van der Waals surface area (Å²) in [7, 11) is 2.14. The van der Waals surface area contributed by atoms with Gasteiger partial charge < -0.3 is 4.90 Å². The average molecular weight is 298 g/mol. The summed E-state index contributed by atoms with van der Waals surface area (Å²) in [6, 6.07) is 5.19. The smallest absolute Gasteiger partial charge is 0.269 e. The van der Waals surface area contributed by atoms with Gasteiger partial charge in [0, 0.05) is 49.4 Å². The van der Waals surface area contributed by atoms with Gasteiger partial charge in [0.2, 0.25) is 0 Å². The van der Waals surface area contributed by atoms with Crippen molar-refractivity contribution in [3.05, 3.63) is 38.9 Å². The highest BCUT2D eigenvalue weighted by atomic mass is 35.5. The minimum absolute atomic E-state index is 0.102. The number of halogens is 1. The highest BCUT2D eigenvalue weighted by Crippen LogP contribution is 2.24. The molecule has 1 fully saturated rings. The number of nitro groups is 1. The van der Waals surface area contributed by atoms with E-state index in [2.05, 4.69) is 23.8 Å². The number of nitrogens with zero attached hydrogens (tertiary/aromatic N) is 3. The first-order valence-corrected chi connectivity index (χ1v) is 7.24. The second-order valence-electron chi connectivity index (χ2n) is 5.31. The number of likely N-dealkylation sites (N-methyl/N-ethyl adjacent to an activating group) is 1.